The highest BCUT2D eigenvalue weighted by Gasteiger charge is 2.29. The van der Waals surface area contributed by atoms with Crippen LogP contribution in [0, 0.1) is 5.82 Å². The summed E-state index contributed by atoms with van der Waals surface area (Å²) in [7, 11) is 0. The van der Waals surface area contributed by atoms with Gasteiger partial charge < -0.3 is 5.73 Å². The van der Waals surface area contributed by atoms with E-state index in [1.807, 2.05) is 0 Å². The maximum atomic E-state index is 13.3. The van der Waals surface area contributed by atoms with Crippen molar-refractivity contribution < 1.29 is 9.18 Å². The van der Waals surface area contributed by atoms with Gasteiger partial charge in [-0.25, -0.2) is 4.39 Å². The Bertz CT molecular complexity index is 469. The molecule has 1 aromatic rings. The smallest absolute Gasteiger partial charge is 0.142 e. The zero-order chi connectivity index (χ0) is 13.9. The van der Waals surface area contributed by atoms with E-state index >= 15 is 0 Å². The predicted molar refractivity (Wildman–Crippen MR) is 74.7 cm³/mol. The van der Waals surface area contributed by atoms with Crippen LogP contribution in [0.15, 0.2) is 18.2 Å². The maximum Gasteiger partial charge on any atom is 0.142 e. The van der Waals surface area contributed by atoms with Crippen LogP contribution < -0.4 is 5.73 Å². The van der Waals surface area contributed by atoms with Gasteiger partial charge in [-0.3, -0.25) is 4.79 Å². The predicted octanol–water partition coefficient (Wildman–Crippen LogP) is 3.64. The normalized spacial score (nSPS) is 18.3. The molecule has 2 rings (SSSR count). The lowest BCUT2D eigenvalue weighted by Crippen LogP contribution is -2.43. The van der Waals surface area contributed by atoms with Gasteiger partial charge in [0.2, 0.25) is 0 Å². The second-order valence-corrected chi connectivity index (χ2v) is 5.97. The first-order valence-corrected chi connectivity index (χ1v) is 7.11. The van der Waals surface area contributed by atoms with Gasteiger partial charge in [0, 0.05) is 18.4 Å². The van der Waals surface area contributed by atoms with Gasteiger partial charge in [0.15, 0.2) is 0 Å². The highest BCUT2D eigenvalue weighted by Crippen LogP contribution is 2.29. The van der Waals surface area contributed by atoms with Gasteiger partial charge >= 0.3 is 0 Å². The molecule has 19 heavy (non-hydrogen) atoms. The largest absolute Gasteiger partial charge is 0.325 e. The number of carbonyl (C=O) groups excluding carboxylic acids is 1. The van der Waals surface area contributed by atoms with Crippen LogP contribution in [0.25, 0.3) is 0 Å². The second kappa shape index (κ2) is 6.02. The molecule has 0 atom stereocenters. The van der Waals surface area contributed by atoms with Crippen LogP contribution in [-0.2, 0) is 11.2 Å². The summed E-state index contributed by atoms with van der Waals surface area (Å²) in [6, 6.07) is 4.50. The number of Topliss-reactive ketones (excluding diaryl/α,β-unsaturated/α-hetero) is 1. The molecule has 0 spiro atoms. The number of carbonyl (C=O) groups is 1. The molecule has 0 unspecified atom stereocenters. The zero-order valence-electron chi connectivity index (χ0n) is 10.9. The van der Waals surface area contributed by atoms with E-state index in [9.17, 15) is 9.18 Å². The zero-order valence-corrected chi connectivity index (χ0v) is 11.7. The third-order valence-electron chi connectivity index (χ3n) is 3.78. The maximum absolute atomic E-state index is 13.3. The molecule has 104 valence electrons. The van der Waals surface area contributed by atoms with Crippen molar-refractivity contribution in [3.05, 3.63) is 34.6 Å². The SMILES string of the molecule is NC1(CC(=O)Cc2ccc(Cl)c(F)c2)CCCCC1. The molecule has 0 saturated heterocycles. The van der Waals surface area contributed by atoms with Crippen molar-refractivity contribution in [3.63, 3.8) is 0 Å². The monoisotopic (exact) mass is 283 g/mol. The fraction of sp³-hybridized carbons (Fsp3) is 0.533. The van der Waals surface area contributed by atoms with Crippen molar-refractivity contribution in [1.29, 1.82) is 0 Å². The summed E-state index contributed by atoms with van der Waals surface area (Å²) in [5, 5.41) is 0.0822. The first-order valence-electron chi connectivity index (χ1n) is 6.73. The summed E-state index contributed by atoms with van der Waals surface area (Å²) in [5.41, 5.74) is 6.56. The third-order valence-corrected chi connectivity index (χ3v) is 4.09. The molecule has 0 aromatic heterocycles. The Morgan fingerprint density at radius 1 is 1.32 bits per heavy atom. The standard InChI is InChI=1S/C15H19ClFNO/c16-13-5-4-11(9-14(13)17)8-12(19)10-15(18)6-2-1-3-7-15/h4-5,9H,1-3,6-8,10,18H2. The minimum atomic E-state index is -0.480. The minimum Gasteiger partial charge on any atom is -0.325 e. The summed E-state index contributed by atoms with van der Waals surface area (Å²) < 4.78 is 13.3. The van der Waals surface area contributed by atoms with E-state index in [2.05, 4.69) is 0 Å². The van der Waals surface area contributed by atoms with Crippen molar-refractivity contribution in [1.82, 2.24) is 0 Å². The molecule has 1 aliphatic rings. The van der Waals surface area contributed by atoms with Crippen LogP contribution >= 0.6 is 11.6 Å². The van der Waals surface area contributed by atoms with Crippen molar-refractivity contribution in [2.75, 3.05) is 0 Å². The van der Waals surface area contributed by atoms with E-state index in [1.165, 1.54) is 18.6 Å². The van der Waals surface area contributed by atoms with E-state index in [1.54, 1.807) is 6.07 Å². The fourth-order valence-corrected chi connectivity index (χ4v) is 2.88. The molecule has 0 heterocycles. The summed E-state index contributed by atoms with van der Waals surface area (Å²) in [6.45, 7) is 0. The molecule has 0 amide bonds. The number of halogens is 2. The van der Waals surface area contributed by atoms with Gasteiger partial charge in [-0.2, -0.15) is 0 Å². The van der Waals surface area contributed by atoms with Crippen LogP contribution in [-0.4, -0.2) is 11.3 Å². The number of hydrogen-bond acceptors (Lipinski definition) is 2. The van der Waals surface area contributed by atoms with Gasteiger partial charge in [-0.05, 0) is 30.5 Å². The number of hydrogen-bond donors (Lipinski definition) is 1. The first kappa shape index (κ1) is 14.5. The Balaban J connectivity index is 1.95. The molecule has 2 N–H and O–H groups in total. The van der Waals surface area contributed by atoms with E-state index < -0.39 is 5.82 Å². The Kier molecular flexibility index (Phi) is 4.58. The van der Waals surface area contributed by atoms with Crippen LogP contribution in [0.2, 0.25) is 5.02 Å². The van der Waals surface area contributed by atoms with E-state index in [0.29, 0.717) is 12.0 Å². The van der Waals surface area contributed by atoms with Gasteiger partial charge in [0.25, 0.3) is 0 Å². The van der Waals surface area contributed by atoms with Crippen molar-refractivity contribution in [2.45, 2.75) is 50.5 Å². The minimum absolute atomic E-state index is 0.0751. The molecule has 1 saturated carbocycles. The molecule has 1 fully saturated rings. The van der Waals surface area contributed by atoms with Crippen molar-refractivity contribution in [2.24, 2.45) is 5.73 Å². The average Bonchev–Trinajstić information content (AvgIpc) is 2.34. The molecule has 2 nitrogen and oxygen atoms in total. The lowest BCUT2D eigenvalue weighted by Gasteiger charge is -2.32. The van der Waals surface area contributed by atoms with Crippen molar-refractivity contribution >= 4 is 17.4 Å². The fourth-order valence-electron chi connectivity index (χ4n) is 2.77. The van der Waals surface area contributed by atoms with Crippen LogP contribution in [0.4, 0.5) is 4.39 Å². The van der Waals surface area contributed by atoms with E-state index in [4.69, 9.17) is 17.3 Å². The quantitative estimate of drug-likeness (QED) is 0.917. The first-order chi connectivity index (χ1) is 8.98. The Labute approximate surface area is 118 Å². The van der Waals surface area contributed by atoms with Crippen LogP contribution in [0.3, 0.4) is 0 Å². The Morgan fingerprint density at radius 2 is 2.00 bits per heavy atom. The van der Waals surface area contributed by atoms with Crippen LogP contribution in [0.5, 0.6) is 0 Å². The van der Waals surface area contributed by atoms with E-state index in [0.717, 1.165) is 25.7 Å². The summed E-state index contributed by atoms with van der Waals surface area (Å²) in [6.07, 6.45) is 5.83. The number of ketones is 1. The van der Waals surface area contributed by atoms with Gasteiger partial charge in [0.05, 0.1) is 5.02 Å². The summed E-state index contributed by atoms with van der Waals surface area (Å²) >= 11 is 5.62. The molecule has 1 aliphatic carbocycles. The lowest BCUT2D eigenvalue weighted by atomic mass is 9.78. The molecule has 0 aliphatic heterocycles. The van der Waals surface area contributed by atoms with Gasteiger partial charge in [-0.15, -0.1) is 0 Å². The summed E-state index contributed by atoms with van der Waals surface area (Å²) in [4.78, 5) is 12.0. The highest BCUT2D eigenvalue weighted by atomic mass is 35.5. The average molecular weight is 284 g/mol. The molecule has 1 aromatic carbocycles. The number of nitrogens with two attached hydrogens (primary N) is 1. The lowest BCUT2D eigenvalue weighted by molar-refractivity contribution is -0.119. The molecular formula is C15H19ClFNO. The number of benzene rings is 1. The topological polar surface area (TPSA) is 43.1 Å². The van der Waals surface area contributed by atoms with Crippen LogP contribution in [0.1, 0.15) is 44.1 Å². The Morgan fingerprint density at radius 3 is 2.63 bits per heavy atom. The highest BCUT2D eigenvalue weighted by molar-refractivity contribution is 6.30. The van der Waals surface area contributed by atoms with Crippen molar-refractivity contribution in [3.8, 4) is 0 Å². The van der Waals surface area contributed by atoms with Gasteiger partial charge in [-0.1, -0.05) is 36.9 Å². The summed E-state index contributed by atoms with van der Waals surface area (Å²) in [5.74, 6) is -0.404. The van der Waals surface area contributed by atoms with E-state index in [-0.39, 0.29) is 22.8 Å². The Hall–Kier alpha value is -0.930. The molecule has 0 bridgehead atoms. The molecule has 0 radical (unpaired) electrons. The number of rotatable bonds is 4. The molecule has 4 heteroatoms. The second-order valence-electron chi connectivity index (χ2n) is 5.56. The third kappa shape index (κ3) is 4.02. The van der Waals surface area contributed by atoms with Gasteiger partial charge in [0.1, 0.15) is 11.6 Å². The molecular weight excluding hydrogens is 265 g/mol.